The molecule has 1 aromatic heterocycles. The number of benzene rings is 2. The molecule has 6 rings (SSSR count). The van der Waals surface area contributed by atoms with E-state index in [0.717, 1.165) is 30.8 Å². The maximum Gasteiger partial charge on any atom is 0.0491 e. The van der Waals surface area contributed by atoms with Crippen LogP contribution in [0.3, 0.4) is 0 Å². The van der Waals surface area contributed by atoms with E-state index < -0.39 is 0 Å². The Morgan fingerprint density at radius 1 is 0.833 bits per heavy atom. The average molecular weight is 400 g/mol. The molecule has 0 N–H and O–H groups in total. The van der Waals surface area contributed by atoms with Crippen molar-refractivity contribution < 1.29 is 0 Å². The summed E-state index contributed by atoms with van der Waals surface area (Å²) in [5.41, 5.74) is 4.18. The van der Waals surface area contributed by atoms with Crippen LogP contribution in [-0.2, 0) is 13.1 Å². The highest BCUT2D eigenvalue weighted by atomic mass is 15.3. The Bertz CT molecular complexity index is 1090. The summed E-state index contributed by atoms with van der Waals surface area (Å²) in [5, 5.41) is 2.80. The molecule has 2 bridgehead atoms. The summed E-state index contributed by atoms with van der Waals surface area (Å²) < 4.78 is 2.44. The molecule has 2 aromatic carbocycles. The van der Waals surface area contributed by atoms with Crippen LogP contribution in [0.5, 0.6) is 0 Å². The van der Waals surface area contributed by atoms with E-state index in [0.29, 0.717) is 0 Å². The Balaban J connectivity index is 1.13. The van der Waals surface area contributed by atoms with Crippen molar-refractivity contribution in [3.05, 3.63) is 60.2 Å². The van der Waals surface area contributed by atoms with Gasteiger partial charge in [0.05, 0.1) is 0 Å². The third kappa shape index (κ3) is 3.19. The minimum Gasteiger partial charge on any atom is -0.341 e. The molecule has 1 saturated carbocycles. The number of nitrogens with zero attached hydrogens (tertiary/aromatic N) is 3. The number of aromatic nitrogens is 1. The lowest BCUT2D eigenvalue weighted by Crippen LogP contribution is -2.47. The van der Waals surface area contributed by atoms with Gasteiger partial charge in [0.15, 0.2) is 0 Å². The van der Waals surface area contributed by atoms with Crippen LogP contribution >= 0.6 is 0 Å². The number of rotatable bonds is 5. The van der Waals surface area contributed by atoms with Crippen LogP contribution in [0.15, 0.2) is 54.6 Å². The number of piperazine rings is 1. The van der Waals surface area contributed by atoms with E-state index in [9.17, 15) is 0 Å². The molecule has 3 nitrogen and oxygen atoms in total. The quantitative estimate of drug-likeness (QED) is 0.550. The lowest BCUT2D eigenvalue weighted by Gasteiger charge is -2.37. The van der Waals surface area contributed by atoms with E-state index in [1.807, 2.05) is 0 Å². The predicted molar refractivity (Wildman–Crippen MR) is 126 cm³/mol. The summed E-state index contributed by atoms with van der Waals surface area (Å²) in [7, 11) is 0. The number of fused-ring (bicyclic) bond motifs is 5. The normalized spacial score (nSPS) is 27.0. The van der Waals surface area contributed by atoms with Gasteiger partial charge in [0.25, 0.3) is 0 Å². The van der Waals surface area contributed by atoms with Gasteiger partial charge in [-0.1, -0.05) is 36.4 Å². The van der Waals surface area contributed by atoms with Gasteiger partial charge >= 0.3 is 0 Å². The van der Waals surface area contributed by atoms with Gasteiger partial charge in [-0.25, -0.2) is 0 Å². The van der Waals surface area contributed by atoms with Crippen LogP contribution < -0.4 is 0 Å². The first kappa shape index (κ1) is 18.7. The van der Waals surface area contributed by atoms with E-state index in [1.165, 1.54) is 72.9 Å². The molecule has 1 saturated heterocycles. The molecular weight excluding hydrogens is 366 g/mol. The van der Waals surface area contributed by atoms with E-state index in [-0.39, 0.29) is 0 Å². The highest BCUT2D eigenvalue weighted by Gasteiger charge is 2.36. The van der Waals surface area contributed by atoms with E-state index in [1.54, 1.807) is 0 Å². The molecule has 3 aliphatic rings. The summed E-state index contributed by atoms with van der Waals surface area (Å²) in [4.78, 5) is 5.38. The van der Waals surface area contributed by atoms with Gasteiger partial charge in [0.1, 0.15) is 0 Å². The number of hydrogen-bond acceptors (Lipinski definition) is 2. The van der Waals surface area contributed by atoms with Crippen molar-refractivity contribution in [2.45, 2.75) is 32.9 Å². The second kappa shape index (κ2) is 7.55. The zero-order chi connectivity index (χ0) is 20.1. The van der Waals surface area contributed by atoms with Crippen molar-refractivity contribution in [3.63, 3.8) is 0 Å². The largest absolute Gasteiger partial charge is 0.341 e. The maximum atomic E-state index is 2.73. The molecule has 3 heteroatoms. The second-order valence-electron chi connectivity index (χ2n) is 9.73. The lowest BCUT2D eigenvalue weighted by atomic mass is 9.93. The van der Waals surface area contributed by atoms with Crippen molar-refractivity contribution in [3.8, 4) is 0 Å². The molecule has 0 spiro atoms. The molecule has 0 radical (unpaired) electrons. The summed E-state index contributed by atoms with van der Waals surface area (Å²) in [6.45, 7) is 10.5. The Hall–Kier alpha value is -2.10. The molecule has 156 valence electrons. The van der Waals surface area contributed by atoms with E-state index >= 15 is 0 Å². The van der Waals surface area contributed by atoms with Crippen molar-refractivity contribution in [2.75, 3.05) is 32.7 Å². The second-order valence-corrected chi connectivity index (χ2v) is 9.73. The van der Waals surface area contributed by atoms with Gasteiger partial charge in [-0.2, -0.15) is 0 Å². The van der Waals surface area contributed by atoms with Gasteiger partial charge in [0, 0.05) is 67.6 Å². The summed E-state index contributed by atoms with van der Waals surface area (Å²) in [6.07, 6.45) is 7.84. The van der Waals surface area contributed by atoms with Crippen molar-refractivity contribution in [1.29, 1.82) is 0 Å². The molecule has 30 heavy (non-hydrogen) atoms. The molecule has 3 atom stereocenters. The van der Waals surface area contributed by atoms with E-state index in [4.69, 9.17) is 0 Å². The fraction of sp³-hybridized carbons (Fsp3) is 0.481. The monoisotopic (exact) mass is 399 g/mol. The van der Waals surface area contributed by atoms with Crippen LogP contribution in [0.4, 0.5) is 0 Å². The van der Waals surface area contributed by atoms with E-state index in [2.05, 4.69) is 75.9 Å². The lowest BCUT2D eigenvalue weighted by molar-refractivity contribution is 0.108. The predicted octanol–water partition coefficient (Wildman–Crippen LogP) is 5.14. The van der Waals surface area contributed by atoms with Gasteiger partial charge < -0.3 is 9.47 Å². The van der Waals surface area contributed by atoms with Gasteiger partial charge in [0.2, 0.25) is 0 Å². The highest BCUT2D eigenvalue weighted by Crippen LogP contribution is 2.43. The number of allylic oxidation sites excluding steroid dienone is 2. The molecule has 0 unspecified atom stereocenters. The molecule has 1 aliphatic heterocycles. The Morgan fingerprint density at radius 3 is 2.40 bits per heavy atom. The van der Waals surface area contributed by atoms with Crippen LogP contribution in [0.1, 0.15) is 25.3 Å². The van der Waals surface area contributed by atoms with Gasteiger partial charge in [-0.3, -0.25) is 4.90 Å². The van der Waals surface area contributed by atoms with Gasteiger partial charge in [-0.15, -0.1) is 0 Å². The first-order chi connectivity index (χ1) is 14.8. The minimum absolute atomic E-state index is 0.880. The van der Waals surface area contributed by atoms with Crippen LogP contribution in [0, 0.1) is 17.8 Å². The zero-order valence-electron chi connectivity index (χ0n) is 18.1. The number of hydrogen-bond donors (Lipinski definition) is 0. The number of para-hydroxylation sites is 1. The first-order valence-electron chi connectivity index (χ1n) is 11.9. The zero-order valence-corrected chi connectivity index (χ0v) is 18.1. The first-order valence-corrected chi connectivity index (χ1v) is 11.9. The number of aryl methyl sites for hydroxylation is 1. The molecular formula is C27H33N3. The van der Waals surface area contributed by atoms with Crippen LogP contribution in [-0.4, -0.2) is 47.1 Å². The summed E-state index contributed by atoms with van der Waals surface area (Å²) in [6, 6.07) is 16.0. The SMILES string of the molecule is CCn1c2ccccc2c2cc(CN3CCN(C[C@H]4C[C@H]5C=C[C@H]4C5)CC3)ccc21. The standard InChI is InChI=1S/C27H33N3/c1-2-30-26-6-4-3-5-24(26)25-17-21(8-10-27(25)30)18-28-11-13-29(14-12-28)19-23-16-20-7-9-22(23)15-20/h3-10,17,20,22-23H,2,11-16,18-19H2,1H3/t20-,22-,23+/m0/s1. The van der Waals surface area contributed by atoms with Crippen molar-refractivity contribution in [1.82, 2.24) is 14.4 Å². The molecule has 2 fully saturated rings. The smallest absolute Gasteiger partial charge is 0.0491 e. The van der Waals surface area contributed by atoms with Crippen LogP contribution in [0.25, 0.3) is 21.8 Å². The molecule has 2 heterocycles. The summed E-state index contributed by atoms with van der Waals surface area (Å²) >= 11 is 0. The molecule has 2 aliphatic carbocycles. The average Bonchev–Trinajstić information content (AvgIpc) is 3.48. The maximum absolute atomic E-state index is 2.73. The fourth-order valence-corrected chi connectivity index (χ4v) is 6.36. The Morgan fingerprint density at radius 2 is 1.63 bits per heavy atom. The third-order valence-corrected chi connectivity index (χ3v) is 7.93. The third-order valence-electron chi connectivity index (χ3n) is 7.93. The van der Waals surface area contributed by atoms with Gasteiger partial charge in [-0.05, 0) is 61.3 Å². The molecule has 0 amide bonds. The summed E-state index contributed by atoms with van der Waals surface area (Å²) in [5.74, 6) is 2.70. The minimum atomic E-state index is 0.880. The Labute approximate surface area is 180 Å². The highest BCUT2D eigenvalue weighted by molar-refractivity contribution is 6.08. The van der Waals surface area contributed by atoms with Crippen molar-refractivity contribution in [2.24, 2.45) is 17.8 Å². The Kier molecular flexibility index (Phi) is 4.69. The van der Waals surface area contributed by atoms with Crippen LogP contribution in [0.2, 0.25) is 0 Å². The topological polar surface area (TPSA) is 11.4 Å². The molecule has 3 aromatic rings. The van der Waals surface area contributed by atoms with Crippen molar-refractivity contribution >= 4 is 21.8 Å². The fourth-order valence-electron chi connectivity index (χ4n) is 6.36.